The zero-order valence-corrected chi connectivity index (χ0v) is 10.2. The molecule has 2 atom stereocenters. The molecular formula is C10H19N3O4. The van der Waals surface area contributed by atoms with Gasteiger partial charge in [0.1, 0.15) is 12.1 Å². The Morgan fingerprint density at radius 1 is 1.18 bits per heavy atom. The van der Waals surface area contributed by atoms with Crippen molar-refractivity contribution in [1.29, 1.82) is 0 Å². The number of carbonyl (C=O) groups is 3. The Morgan fingerprint density at radius 3 is 2.06 bits per heavy atom. The molecule has 0 fully saturated rings. The average Bonchev–Trinajstić information content (AvgIpc) is 2.14. The summed E-state index contributed by atoms with van der Waals surface area (Å²) in [5.41, 5.74) is 4.95. The summed E-state index contributed by atoms with van der Waals surface area (Å²) in [6, 6.07) is -2.63. The summed E-state index contributed by atoms with van der Waals surface area (Å²) in [7, 11) is 0. The smallest absolute Gasteiger partial charge is 0.325 e. The molecule has 0 aromatic carbocycles. The second kappa shape index (κ2) is 6.72. The van der Waals surface area contributed by atoms with E-state index in [1.165, 1.54) is 6.92 Å². The first-order valence-electron chi connectivity index (χ1n) is 5.33. The summed E-state index contributed by atoms with van der Waals surface area (Å²) >= 11 is 0. The largest absolute Gasteiger partial charge is 0.480 e. The van der Waals surface area contributed by atoms with Crippen LogP contribution in [-0.4, -0.2) is 35.1 Å². The molecule has 7 heteroatoms. The molecule has 0 aromatic rings. The molecule has 0 aliphatic heterocycles. The van der Waals surface area contributed by atoms with Crippen LogP contribution in [0.15, 0.2) is 0 Å². The van der Waals surface area contributed by atoms with Crippen molar-refractivity contribution in [2.24, 2.45) is 11.7 Å². The van der Waals surface area contributed by atoms with Crippen LogP contribution in [0.1, 0.15) is 27.2 Å². The molecule has 7 nitrogen and oxygen atoms in total. The molecule has 0 aromatic heterocycles. The predicted molar refractivity (Wildman–Crippen MR) is 61.2 cm³/mol. The van der Waals surface area contributed by atoms with Crippen molar-refractivity contribution in [3.8, 4) is 0 Å². The van der Waals surface area contributed by atoms with Gasteiger partial charge in [-0.05, 0) is 19.3 Å². The van der Waals surface area contributed by atoms with Crippen LogP contribution < -0.4 is 16.4 Å². The lowest BCUT2D eigenvalue weighted by atomic mass is 10.0. The summed E-state index contributed by atoms with van der Waals surface area (Å²) in [5.74, 6) is -1.52. The molecule has 1 unspecified atom stereocenters. The minimum absolute atomic E-state index is 0.165. The molecule has 0 bridgehead atoms. The van der Waals surface area contributed by atoms with E-state index in [0.717, 1.165) is 0 Å². The van der Waals surface area contributed by atoms with Crippen LogP contribution >= 0.6 is 0 Å². The Hall–Kier alpha value is -1.79. The van der Waals surface area contributed by atoms with Crippen molar-refractivity contribution in [1.82, 2.24) is 10.6 Å². The summed E-state index contributed by atoms with van der Waals surface area (Å²) in [5, 5.41) is 13.2. The van der Waals surface area contributed by atoms with Crippen LogP contribution in [0, 0.1) is 5.92 Å². The highest BCUT2D eigenvalue weighted by Gasteiger charge is 2.24. The van der Waals surface area contributed by atoms with E-state index >= 15 is 0 Å². The Kier molecular flexibility index (Phi) is 6.01. The second-order valence-corrected chi connectivity index (χ2v) is 4.26. The lowest BCUT2D eigenvalue weighted by Gasteiger charge is -2.20. The number of carbonyl (C=O) groups excluding carboxylic acids is 2. The third-order valence-electron chi connectivity index (χ3n) is 2.07. The number of aliphatic carboxylic acids is 1. The minimum atomic E-state index is -1.14. The Bertz CT molecular complexity index is 304. The van der Waals surface area contributed by atoms with E-state index in [0.29, 0.717) is 6.42 Å². The number of carboxylic acids is 1. The minimum Gasteiger partial charge on any atom is -0.480 e. The number of urea groups is 1. The van der Waals surface area contributed by atoms with Gasteiger partial charge in [0.25, 0.3) is 0 Å². The van der Waals surface area contributed by atoms with Gasteiger partial charge in [-0.25, -0.2) is 4.79 Å². The number of nitrogens with one attached hydrogen (secondary N) is 2. The van der Waals surface area contributed by atoms with Crippen LogP contribution in [0.25, 0.3) is 0 Å². The van der Waals surface area contributed by atoms with Crippen molar-refractivity contribution in [3.63, 3.8) is 0 Å². The molecule has 0 rings (SSSR count). The lowest BCUT2D eigenvalue weighted by molar-refractivity contribution is -0.141. The number of nitrogens with two attached hydrogens (primary N) is 1. The van der Waals surface area contributed by atoms with Crippen LogP contribution in [0.5, 0.6) is 0 Å². The first kappa shape index (κ1) is 15.2. The molecule has 98 valence electrons. The van der Waals surface area contributed by atoms with Gasteiger partial charge in [0.05, 0.1) is 0 Å². The van der Waals surface area contributed by atoms with Crippen molar-refractivity contribution in [3.05, 3.63) is 0 Å². The number of hydrogen-bond donors (Lipinski definition) is 4. The predicted octanol–water partition coefficient (Wildman–Crippen LogP) is -0.341. The van der Waals surface area contributed by atoms with E-state index in [-0.39, 0.29) is 5.92 Å². The SMILES string of the molecule is CC(C)CC(NC(N)=O)C(=O)N[C@H](C)C(=O)O. The Labute approximate surface area is 99.7 Å². The summed E-state index contributed by atoms with van der Waals surface area (Å²) in [4.78, 5) is 33.0. The van der Waals surface area contributed by atoms with Crippen molar-refractivity contribution < 1.29 is 19.5 Å². The first-order valence-corrected chi connectivity index (χ1v) is 5.33. The zero-order valence-electron chi connectivity index (χ0n) is 10.2. The third kappa shape index (κ3) is 6.39. The van der Waals surface area contributed by atoms with Gasteiger partial charge in [0.15, 0.2) is 0 Å². The fourth-order valence-corrected chi connectivity index (χ4v) is 1.25. The van der Waals surface area contributed by atoms with Gasteiger partial charge < -0.3 is 21.5 Å². The van der Waals surface area contributed by atoms with E-state index in [9.17, 15) is 14.4 Å². The average molecular weight is 245 g/mol. The Morgan fingerprint density at radius 2 is 1.71 bits per heavy atom. The monoisotopic (exact) mass is 245 g/mol. The summed E-state index contributed by atoms with van der Waals surface area (Å²) in [6.07, 6.45) is 0.390. The lowest BCUT2D eigenvalue weighted by Crippen LogP contribution is -2.52. The molecule has 17 heavy (non-hydrogen) atoms. The Balaban J connectivity index is 4.51. The molecule has 0 saturated carbocycles. The van der Waals surface area contributed by atoms with Crippen LogP contribution in [0.3, 0.4) is 0 Å². The molecule has 0 heterocycles. The fourth-order valence-electron chi connectivity index (χ4n) is 1.25. The molecule has 0 aliphatic carbocycles. The van der Waals surface area contributed by atoms with Gasteiger partial charge in [0.2, 0.25) is 5.91 Å². The van der Waals surface area contributed by atoms with Gasteiger partial charge in [-0.2, -0.15) is 0 Å². The van der Waals surface area contributed by atoms with Gasteiger partial charge in [-0.3, -0.25) is 9.59 Å². The number of primary amides is 1. The number of rotatable bonds is 6. The zero-order chi connectivity index (χ0) is 13.6. The van der Waals surface area contributed by atoms with Crippen LogP contribution in [0.4, 0.5) is 4.79 Å². The molecule has 0 spiro atoms. The van der Waals surface area contributed by atoms with E-state index in [2.05, 4.69) is 10.6 Å². The number of carboxylic acid groups (broad SMARTS) is 1. The first-order chi connectivity index (χ1) is 7.73. The highest BCUT2D eigenvalue weighted by molar-refractivity contribution is 5.89. The summed E-state index contributed by atoms with van der Waals surface area (Å²) < 4.78 is 0. The highest BCUT2D eigenvalue weighted by atomic mass is 16.4. The highest BCUT2D eigenvalue weighted by Crippen LogP contribution is 2.05. The van der Waals surface area contributed by atoms with Gasteiger partial charge in [-0.15, -0.1) is 0 Å². The third-order valence-corrected chi connectivity index (χ3v) is 2.07. The maximum Gasteiger partial charge on any atom is 0.325 e. The van der Waals surface area contributed by atoms with Gasteiger partial charge in [-0.1, -0.05) is 13.8 Å². The molecule has 3 amide bonds. The molecule has 0 saturated heterocycles. The van der Waals surface area contributed by atoms with E-state index in [4.69, 9.17) is 10.8 Å². The van der Waals surface area contributed by atoms with E-state index in [1.807, 2.05) is 13.8 Å². The standard InChI is InChI=1S/C10H19N3O4/c1-5(2)4-7(13-10(11)17)8(14)12-6(3)9(15)16/h5-7H,4H2,1-3H3,(H,12,14)(H,15,16)(H3,11,13,17)/t6-,7?/m1/s1. The van der Waals surface area contributed by atoms with Crippen LogP contribution in [0.2, 0.25) is 0 Å². The van der Waals surface area contributed by atoms with Crippen LogP contribution in [-0.2, 0) is 9.59 Å². The molecular weight excluding hydrogens is 226 g/mol. The maximum absolute atomic E-state index is 11.7. The molecule has 5 N–H and O–H groups in total. The normalized spacial score (nSPS) is 13.9. The van der Waals surface area contributed by atoms with Crippen molar-refractivity contribution >= 4 is 17.9 Å². The fraction of sp³-hybridized carbons (Fsp3) is 0.700. The van der Waals surface area contributed by atoms with Gasteiger partial charge >= 0.3 is 12.0 Å². The number of hydrogen-bond acceptors (Lipinski definition) is 3. The summed E-state index contributed by atoms with van der Waals surface area (Å²) in [6.45, 7) is 5.10. The topological polar surface area (TPSA) is 122 Å². The number of amides is 3. The van der Waals surface area contributed by atoms with Gasteiger partial charge in [0, 0.05) is 0 Å². The van der Waals surface area contributed by atoms with Crippen molar-refractivity contribution in [2.45, 2.75) is 39.3 Å². The molecule has 0 aliphatic rings. The maximum atomic E-state index is 11.7. The second-order valence-electron chi connectivity index (χ2n) is 4.26. The molecule has 0 radical (unpaired) electrons. The van der Waals surface area contributed by atoms with E-state index in [1.54, 1.807) is 0 Å². The van der Waals surface area contributed by atoms with Crippen molar-refractivity contribution in [2.75, 3.05) is 0 Å². The quantitative estimate of drug-likeness (QED) is 0.511. The van der Waals surface area contributed by atoms with E-state index < -0.39 is 30.0 Å².